The number of nitrogens with zero attached hydrogens (tertiary/aromatic N) is 2. The van der Waals surface area contributed by atoms with Crippen LogP contribution in [-0.4, -0.2) is 48.8 Å². The van der Waals surface area contributed by atoms with Gasteiger partial charge in [0.15, 0.2) is 18.1 Å². The SMILES string of the molecule is O=C(COc1ccc(Cl)cc1)N1CCOCCOc2ccccc2Oc2ncccc2C1. The highest BCUT2D eigenvalue weighted by molar-refractivity contribution is 6.30. The fourth-order valence-electron chi connectivity index (χ4n) is 3.15. The maximum atomic E-state index is 13.0. The number of para-hydroxylation sites is 2. The summed E-state index contributed by atoms with van der Waals surface area (Å²) in [6.45, 7) is 1.71. The zero-order valence-electron chi connectivity index (χ0n) is 17.4. The van der Waals surface area contributed by atoms with Crippen molar-refractivity contribution < 1.29 is 23.7 Å². The van der Waals surface area contributed by atoms with Gasteiger partial charge in [0.05, 0.1) is 19.8 Å². The molecule has 0 unspecified atom stereocenters. The molecular formula is C24H23ClN2O5. The minimum Gasteiger partial charge on any atom is -0.487 e. The number of carbonyl (C=O) groups is 1. The number of hydrogen-bond acceptors (Lipinski definition) is 6. The molecule has 7 nitrogen and oxygen atoms in total. The fourth-order valence-corrected chi connectivity index (χ4v) is 3.27. The molecule has 0 saturated carbocycles. The van der Waals surface area contributed by atoms with Crippen LogP contribution in [0, 0.1) is 0 Å². The van der Waals surface area contributed by atoms with Crippen LogP contribution in [0.4, 0.5) is 0 Å². The molecule has 0 N–H and O–H groups in total. The molecule has 0 saturated heterocycles. The van der Waals surface area contributed by atoms with Crippen molar-refractivity contribution >= 4 is 17.5 Å². The molecule has 0 fully saturated rings. The first-order valence-corrected chi connectivity index (χ1v) is 10.6. The maximum absolute atomic E-state index is 13.0. The quantitative estimate of drug-likeness (QED) is 0.586. The van der Waals surface area contributed by atoms with E-state index in [9.17, 15) is 4.79 Å². The van der Waals surface area contributed by atoms with E-state index in [2.05, 4.69) is 4.98 Å². The molecule has 2 heterocycles. The van der Waals surface area contributed by atoms with Crippen LogP contribution in [0.1, 0.15) is 5.56 Å². The largest absolute Gasteiger partial charge is 0.487 e. The smallest absolute Gasteiger partial charge is 0.260 e. The van der Waals surface area contributed by atoms with Crippen LogP contribution >= 0.6 is 11.6 Å². The molecule has 0 spiro atoms. The van der Waals surface area contributed by atoms with E-state index in [4.69, 9.17) is 30.5 Å². The normalized spacial score (nSPS) is 14.3. The second kappa shape index (κ2) is 10.8. The van der Waals surface area contributed by atoms with Crippen molar-refractivity contribution in [1.82, 2.24) is 9.88 Å². The first-order chi connectivity index (χ1) is 15.7. The van der Waals surface area contributed by atoms with Crippen LogP contribution in [0.3, 0.4) is 0 Å². The van der Waals surface area contributed by atoms with Crippen molar-refractivity contribution in [2.45, 2.75) is 6.54 Å². The van der Waals surface area contributed by atoms with Gasteiger partial charge in [-0.3, -0.25) is 4.79 Å². The average molecular weight is 455 g/mol. The number of pyridine rings is 1. The van der Waals surface area contributed by atoms with Gasteiger partial charge in [-0.1, -0.05) is 29.8 Å². The Bertz CT molecular complexity index is 1040. The Morgan fingerprint density at radius 2 is 1.81 bits per heavy atom. The molecule has 1 aliphatic heterocycles. The summed E-state index contributed by atoms with van der Waals surface area (Å²) in [6, 6.07) is 18.0. The number of halogens is 1. The Morgan fingerprint density at radius 1 is 1.00 bits per heavy atom. The van der Waals surface area contributed by atoms with E-state index >= 15 is 0 Å². The zero-order valence-corrected chi connectivity index (χ0v) is 18.2. The molecule has 0 radical (unpaired) electrons. The Labute approximate surface area is 191 Å². The molecule has 1 aromatic heterocycles. The summed E-state index contributed by atoms with van der Waals surface area (Å²) >= 11 is 5.90. The predicted molar refractivity (Wildman–Crippen MR) is 119 cm³/mol. The zero-order chi connectivity index (χ0) is 22.2. The van der Waals surface area contributed by atoms with Gasteiger partial charge in [-0.15, -0.1) is 0 Å². The summed E-state index contributed by atoms with van der Waals surface area (Å²) in [5, 5.41) is 0.606. The summed E-state index contributed by atoms with van der Waals surface area (Å²) in [6.07, 6.45) is 1.65. The van der Waals surface area contributed by atoms with E-state index in [1.165, 1.54) is 0 Å². The molecule has 4 rings (SSSR count). The number of rotatable bonds is 3. The molecule has 2 aromatic carbocycles. The van der Waals surface area contributed by atoms with E-state index in [0.717, 1.165) is 5.56 Å². The molecule has 1 amide bonds. The van der Waals surface area contributed by atoms with E-state index in [1.54, 1.807) is 35.4 Å². The van der Waals surface area contributed by atoms with Crippen molar-refractivity contribution in [2.24, 2.45) is 0 Å². The predicted octanol–water partition coefficient (Wildman–Crippen LogP) is 4.34. The third-order valence-corrected chi connectivity index (χ3v) is 5.04. The second-order valence-corrected chi connectivity index (χ2v) is 7.47. The average Bonchev–Trinajstić information content (AvgIpc) is 2.83. The summed E-state index contributed by atoms with van der Waals surface area (Å²) < 4.78 is 23.2. The third-order valence-electron chi connectivity index (χ3n) is 4.79. The highest BCUT2D eigenvalue weighted by Crippen LogP contribution is 2.32. The van der Waals surface area contributed by atoms with E-state index in [0.29, 0.717) is 61.1 Å². The van der Waals surface area contributed by atoms with Crippen molar-refractivity contribution in [3.05, 3.63) is 77.4 Å². The van der Waals surface area contributed by atoms with Gasteiger partial charge in [0.1, 0.15) is 12.4 Å². The monoisotopic (exact) mass is 454 g/mol. The second-order valence-electron chi connectivity index (χ2n) is 7.04. The number of benzene rings is 2. The summed E-state index contributed by atoms with van der Waals surface area (Å²) in [7, 11) is 0. The van der Waals surface area contributed by atoms with Crippen molar-refractivity contribution in [3.63, 3.8) is 0 Å². The molecule has 166 valence electrons. The fraction of sp³-hybridized carbons (Fsp3) is 0.250. The van der Waals surface area contributed by atoms with Crippen molar-refractivity contribution in [3.8, 4) is 23.1 Å². The van der Waals surface area contributed by atoms with Crippen LogP contribution in [-0.2, 0) is 16.1 Å². The summed E-state index contributed by atoms with van der Waals surface area (Å²) in [5.41, 5.74) is 0.765. The lowest BCUT2D eigenvalue weighted by Gasteiger charge is -2.23. The lowest BCUT2D eigenvalue weighted by molar-refractivity contribution is -0.134. The molecule has 0 bridgehead atoms. The summed E-state index contributed by atoms with van der Waals surface area (Å²) in [4.78, 5) is 19.0. The Balaban J connectivity index is 1.52. The van der Waals surface area contributed by atoms with Gasteiger partial charge in [-0.05, 0) is 42.5 Å². The number of amides is 1. The molecule has 1 aliphatic rings. The first kappa shape index (κ1) is 21.9. The van der Waals surface area contributed by atoms with Gasteiger partial charge in [0, 0.05) is 23.3 Å². The van der Waals surface area contributed by atoms with Gasteiger partial charge in [-0.25, -0.2) is 4.98 Å². The number of aromatic nitrogens is 1. The summed E-state index contributed by atoms with van der Waals surface area (Å²) in [5.74, 6) is 1.97. The number of carbonyl (C=O) groups excluding carboxylic acids is 1. The van der Waals surface area contributed by atoms with Gasteiger partial charge < -0.3 is 23.8 Å². The minimum absolute atomic E-state index is 0.107. The maximum Gasteiger partial charge on any atom is 0.260 e. The van der Waals surface area contributed by atoms with Crippen LogP contribution in [0.2, 0.25) is 5.02 Å². The number of fused-ring (bicyclic) bond motifs is 2. The van der Waals surface area contributed by atoms with Crippen LogP contribution < -0.4 is 14.2 Å². The number of hydrogen-bond donors (Lipinski definition) is 0. The Hall–Kier alpha value is -3.29. The van der Waals surface area contributed by atoms with E-state index < -0.39 is 0 Å². The molecule has 0 atom stereocenters. The number of ether oxygens (including phenoxy) is 4. The van der Waals surface area contributed by atoms with Crippen LogP contribution in [0.15, 0.2) is 66.9 Å². The van der Waals surface area contributed by atoms with Gasteiger partial charge in [0.25, 0.3) is 5.91 Å². The van der Waals surface area contributed by atoms with Gasteiger partial charge >= 0.3 is 0 Å². The standard InChI is InChI=1S/C24H23ClN2O5/c25-19-7-9-20(10-8-19)31-17-23(28)27-12-13-29-14-15-30-21-5-1-2-6-22(21)32-24-18(16-27)4-3-11-26-24/h1-11H,12-17H2. The molecular weight excluding hydrogens is 432 g/mol. The Kier molecular flexibility index (Phi) is 7.42. The van der Waals surface area contributed by atoms with E-state index in [-0.39, 0.29) is 12.5 Å². The van der Waals surface area contributed by atoms with Crippen molar-refractivity contribution in [2.75, 3.05) is 33.0 Å². The highest BCUT2D eigenvalue weighted by atomic mass is 35.5. The topological polar surface area (TPSA) is 70.1 Å². The van der Waals surface area contributed by atoms with Crippen LogP contribution in [0.25, 0.3) is 0 Å². The lowest BCUT2D eigenvalue weighted by Crippen LogP contribution is -2.37. The molecule has 8 heteroatoms. The van der Waals surface area contributed by atoms with E-state index in [1.807, 2.05) is 36.4 Å². The molecule has 0 aliphatic carbocycles. The minimum atomic E-state index is -0.176. The highest BCUT2D eigenvalue weighted by Gasteiger charge is 2.19. The van der Waals surface area contributed by atoms with Gasteiger partial charge in [-0.2, -0.15) is 0 Å². The van der Waals surface area contributed by atoms with Gasteiger partial charge in [0.2, 0.25) is 5.88 Å². The third kappa shape index (κ3) is 5.90. The molecule has 3 aromatic rings. The Morgan fingerprint density at radius 3 is 2.66 bits per heavy atom. The first-order valence-electron chi connectivity index (χ1n) is 10.3. The molecule has 32 heavy (non-hydrogen) atoms. The lowest BCUT2D eigenvalue weighted by atomic mass is 10.2. The van der Waals surface area contributed by atoms with Crippen molar-refractivity contribution in [1.29, 1.82) is 0 Å². The van der Waals surface area contributed by atoms with Crippen LogP contribution in [0.5, 0.6) is 23.1 Å².